The molecule has 0 atom stereocenters. The molecule has 2 heteroatoms. The Balaban J connectivity index is 3.37. The Labute approximate surface area is 66.9 Å². The highest BCUT2D eigenvalue weighted by Crippen LogP contribution is 1.96. The summed E-state index contributed by atoms with van der Waals surface area (Å²) in [6, 6.07) is 8.62. The van der Waals surface area contributed by atoms with E-state index in [1.54, 1.807) is 18.2 Å². The van der Waals surface area contributed by atoms with E-state index in [1.165, 1.54) is 0 Å². The smallest absolute Gasteiger partial charge is 0.179 e. The topological polar surface area (TPSA) is 17.1 Å². The first-order valence-corrected chi connectivity index (χ1v) is 3.63. The van der Waals surface area contributed by atoms with Crippen molar-refractivity contribution in [3.63, 3.8) is 0 Å². The molecule has 1 aromatic carbocycles. The maximum absolute atomic E-state index is 10.7. The van der Waals surface area contributed by atoms with Crippen LogP contribution in [-0.2, 0) is 0 Å². The number of hydrogen-bond donors (Lipinski definition) is 0. The number of hydrogen-bond acceptors (Lipinski definition) is 1. The quantitative estimate of drug-likeness (QED) is 0.621. The molecule has 0 unspecified atom stereocenters. The van der Waals surface area contributed by atoms with Gasteiger partial charge in [0.2, 0.25) is 0 Å². The van der Waals surface area contributed by atoms with Crippen LogP contribution in [0.25, 0.3) is 0 Å². The maximum Gasteiger partial charge on any atom is 0.179 e. The normalized spacial score (nSPS) is 9.00. The summed E-state index contributed by atoms with van der Waals surface area (Å²) in [5.74, 6) is 0. The molecule has 1 aromatic rings. The molecule has 0 aliphatic rings. The van der Waals surface area contributed by atoms with E-state index in [9.17, 15) is 4.79 Å². The average molecular weight is 232 g/mol. The highest BCUT2D eigenvalue weighted by atomic mass is 127. The highest BCUT2D eigenvalue weighted by molar-refractivity contribution is 14.1. The lowest BCUT2D eigenvalue weighted by Crippen LogP contribution is -1.89. The first-order chi connectivity index (χ1) is 4.29. The van der Waals surface area contributed by atoms with Gasteiger partial charge >= 0.3 is 0 Å². The van der Waals surface area contributed by atoms with E-state index in [2.05, 4.69) is 22.6 Å². The zero-order valence-electron chi connectivity index (χ0n) is 4.67. The molecule has 0 aromatic heterocycles. The van der Waals surface area contributed by atoms with E-state index in [-0.39, 0.29) is 5.43 Å². The van der Waals surface area contributed by atoms with Crippen LogP contribution in [0.2, 0.25) is 0 Å². The minimum atomic E-state index is 0.0596. The molecule has 0 radical (unpaired) electrons. The third kappa shape index (κ3) is 2.13. The Morgan fingerprint density at radius 3 is 2.67 bits per heavy atom. The molecule has 1 nitrogen and oxygen atoms in total. The third-order valence-corrected chi connectivity index (χ3v) is 1.58. The van der Waals surface area contributed by atoms with Crippen molar-refractivity contribution in [2.75, 3.05) is 0 Å². The van der Waals surface area contributed by atoms with Gasteiger partial charge in [-0.15, -0.1) is 0 Å². The molecule has 0 spiro atoms. The molecule has 0 fully saturated rings. The van der Waals surface area contributed by atoms with Gasteiger partial charge in [-0.25, -0.2) is 0 Å². The molecule has 0 saturated heterocycles. The lowest BCUT2D eigenvalue weighted by Gasteiger charge is -1.71. The SMILES string of the molecule is O=c1ccccc(I)c1. The first kappa shape index (κ1) is 6.74. The van der Waals surface area contributed by atoms with Gasteiger partial charge in [0.1, 0.15) is 0 Å². The van der Waals surface area contributed by atoms with Crippen molar-refractivity contribution >= 4 is 22.6 Å². The van der Waals surface area contributed by atoms with E-state index in [0.29, 0.717) is 0 Å². The summed E-state index contributed by atoms with van der Waals surface area (Å²) < 4.78 is 0.975. The van der Waals surface area contributed by atoms with Crippen molar-refractivity contribution in [1.29, 1.82) is 0 Å². The van der Waals surface area contributed by atoms with Crippen molar-refractivity contribution < 1.29 is 0 Å². The number of halogens is 1. The Kier molecular flexibility index (Phi) is 2.22. The minimum absolute atomic E-state index is 0.0596. The Morgan fingerprint density at radius 2 is 1.89 bits per heavy atom. The molecule has 0 heterocycles. The summed E-state index contributed by atoms with van der Waals surface area (Å²) in [6.07, 6.45) is 0. The standard InChI is InChI=1S/C7H5IO/c8-6-3-1-2-4-7(9)5-6/h1-5H. The van der Waals surface area contributed by atoms with Crippen LogP contribution in [-0.4, -0.2) is 0 Å². The van der Waals surface area contributed by atoms with Gasteiger partial charge in [0, 0.05) is 3.57 Å². The van der Waals surface area contributed by atoms with Crippen LogP contribution in [0.1, 0.15) is 0 Å². The van der Waals surface area contributed by atoms with Crippen molar-refractivity contribution in [1.82, 2.24) is 0 Å². The van der Waals surface area contributed by atoms with E-state index in [1.807, 2.05) is 12.1 Å². The predicted octanol–water partition coefficient (Wildman–Crippen LogP) is 1.65. The largest absolute Gasteiger partial charge is 0.290 e. The van der Waals surface area contributed by atoms with Gasteiger partial charge in [-0.1, -0.05) is 12.1 Å². The highest BCUT2D eigenvalue weighted by Gasteiger charge is 1.80. The molecule has 0 N–H and O–H groups in total. The molecule has 0 amide bonds. The molecule has 0 aliphatic carbocycles. The fourth-order valence-corrected chi connectivity index (χ4v) is 1.04. The van der Waals surface area contributed by atoms with Gasteiger partial charge in [0.25, 0.3) is 0 Å². The molecular weight excluding hydrogens is 227 g/mol. The second-order valence-electron chi connectivity index (χ2n) is 1.65. The van der Waals surface area contributed by atoms with Crippen molar-refractivity contribution in [2.24, 2.45) is 0 Å². The maximum atomic E-state index is 10.7. The number of rotatable bonds is 0. The second-order valence-corrected chi connectivity index (χ2v) is 2.90. The summed E-state index contributed by atoms with van der Waals surface area (Å²) in [6.45, 7) is 0. The molecule has 9 heavy (non-hydrogen) atoms. The molecule has 46 valence electrons. The van der Waals surface area contributed by atoms with Gasteiger partial charge in [0.05, 0.1) is 0 Å². The Morgan fingerprint density at radius 1 is 1.22 bits per heavy atom. The summed E-state index contributed by atoms with van der Waals surface area (Å²) >= 11 is 2.11. The van der Waals surface area contributed by atoms with Crippen LogP contribution in [0.3, 0.4) is 0 Å². The molecule has 0 bridgehead atoms. The summed E-state index contributed by atoms with van der Waals surface area (Å²) in [5, 5.41) is 0. The third-order valence-electron chi connectivity index (χ3n) is 0.907. The zero-order valence-corrected chi connectivity index (χ0v) is 6.83. The van der Waals surface area contributed by atoms with E-state index in [0.717, 1.165) is 3.57 Å². The zero-order chi connectivity index (χ0) is 6.69. The average Bonchev–Trinajstić information content (AvgIpc) is 1.93. The molecule has 0 saturated carbocycles. The van der Waals surface area contributed by atoms with E-state index in [4.69, 9.17) is 0 Å². The van der Waals surface area contributed by atoms with Crippen molar-refractivity contribution in [3.05, 3.63) is 44.1 Å². The Bertz CT molecular complexity index is 257. The van der Waals surface area contributed by atoms with Gasteiger partial charge in [-0.3, -0.25) is 4.79 Å². The van der Waals surface area contributed by atoms with Crippen LogP contribution < -0.4 is 5.43 Å². The molecule has 1 rings (SSSR count). The van der Waals surface area contributed by atoms with Crippen LogP contribution in [0.5, 0.6) is 0 Å². The van der Waals surface area contributed by atoms with Gasteiger partial charge in [0.15, 0.2) is 5.43 Å². The summed E-state index contributed by atoms with van der Waals surface area (Å²) in [4.78, 5) is 10.7. The summed E-state index contributed by atoms with van der Waals surface area (Å²) in [7, 11) is 0. The van der Waals surface area contributed by atoms with Crippen molar-refractivity contribution in [3.8, 4) is 0 Å². The van der Waals surface area contributed by atoms with Gasteiger partial charge in [-0.2, -0.15) is 0 Å². The summed E-state index contributed by atoms with van der Waals surface area (Å²) in [5.41, 5.74) is 0.0596. The van der Waals surface area contributed by atoms with Crippen LogP contribution in [0.15, 0.2) is 35.1 Å². The van der Waals surface area contributed by atoms with E-state index < -0.39 is 0 Å². The monoisotopic (exact) mass is 232 g/mol. The lowest BCUT2D eigenvalue weighted by molar-refractivity contribution is 1.65. The minimum Gasteiger partial charge on any atom is -0.290 e. The van der Waals surface area contributed by atoms with Crippen LogP contribution in [0.4, 0.5) is 0 Å². The lowest BCUT2D eigenvalue weighted by atomic mass is 10.5. The van der Waals surface area contributed by atoms with Crippen LogP contribution in [0, 0.1) is 3.57 Å². The van der Waals surface area contributed by atoms with E-state index >= 15 is 0 Å². The fourth-order valence-electron chi connectivity index (χ4n) is 0.530. The van der Waals surface area contributed by atoms with Crippen LogP contribution >= 0.6 is 22.6 Å². The van der Waals surface area contributed by atoms with Gasteiger partial charge in [-0.05, 0) is 40.8 Å². The predicted molar refractivity (Wildman–Crippen MR) is 45.4 cm³/mol. The Hall–Kier alpha value is -0.380. The first-order valence-electron chi connectivity index (χ1n) is 2.55. The van der Waals surface area contributed by atoms with Gasteiger partial charge < -0.3 is 0 Å². The fraction of sp³-hybridized carbons (Fsp3) is 0. The molecular formula is C7H5IO. The molecule has 0 aliphatic heterocycles. The second kappa shape index (κ2) is 2.96. The van der Waals surface area contributed by atoms with Crippen molar-refractivity contribution in [2.45, 2.75) is 0 Å².